The van der Waals surface area contributed by atoms with Gasteiger partial charge in [0.15, 0.2) is 0 Å². The number of allylic oxidation sites excluding steroid dienone is 1. The molecule has 0 saturated heterocycles. The smallest absolute Gasteiger partial charge is 0.250 e. The number of pyridine rings is 1. The molecule has 0 aliphatic heterocycles. The minimum absolute atomic E-state index is 0.422. The number of primary amides is 1. The Balaban J connectivity index is 2.48. The highest BCUT2D eigenvalue weighted by molar-refractivity contribution is 5.93. The summed E-state index contributed by atoms with van der Waals surface area (Å²) >= 11 is 0. The van der Waals surface area contributed by atoms with E-state index in [2.05, 4.69) is 11.1 Å². The van der Waals surface area contributed by atoms with Crippen LogP contribution in [0.5, 0.6) is 0 Å². The maximum Gasteiger partial charge on any atom is 0.250 e. The van der Waals surface area contributed by atoms with Gasteiger partial charge in [-0.25, -0.2) is 0 Å². The van der Waals surface area contributed by atoms with E-state index in [1.54, 1.807) is 12.3 Å². The highest BCUT2D eigenvalue weighted by Gasteiger charge is 2.08. The third kappa shape index (κ3) is 1.45. The molecule has 0 bridgehead atoms. The molecular formula is C10H10N2O. The van der Waals surface area contributed by atoms with E-state index in [1.807, 2.05) is 6.08 Å². The first-order valence-electron chi connectivity index (χ1n) is 4.22. The number of carbonyl (C=O) groups excluding carboxylic acids is 1. The van der Waals surface area contributed by atoms with E-state index < -0.39 is 5.91 Å². The molecule has 0 unspecified atom stereocenters. The van der Waals surface area contributed by atoms with Gasteiger partial charge in [-0.1, -0.05) is 12.2 Å². The number of amides is 1. The first-order chi connectivity index (χ1) is 6.27. The van der Waals surface area contributed by atoms with Crippen molar-refractivity contribution in [3.63, 3.8) is 0 Å². The third-order valence-corrected chi connectivity index (χ3v) is 2.13. The Morgan fingerprint density at radius 3 is 3.15 bits per heavy atom. The van der Waals surface area contributed by atoms with Gasteiger partial charge >= 0.3 is 0 Å². The van der Waals surface area contributed by atoms with Crippen molar-refractivity contribution < 1.29 is 4.79 Å². The molecule has 0 atom stereocenters. The van der Waals surface area contributed by atoms with E-state index in [0.717, 1.165) is 24.1 Å². The molecule has 1 aromatic rings. The minimum atomic E-state index is -0.422. The lowest BCUT2D eigenvalue weighted by Gasteiger charge is -2.09. The second-order valence-corrected chi connectivity index (χ2v) is 3.07. The fourth-order valence-corrected chi connectivity index (χ4v) is 1.43. The zero-order valence-corrected chi connectivity index (χ0v) is 7.16. The lowest BCUT2D eigenvalue weighted by atomic mass is 10.0. The molecule has 0 saturated carbocycles. The molecule has 1 aromatic heterocycles. The summed E-state index contributed by atoms with van der Waals surface area (Å²) in [6.07, 6.45) is 7.58. The van der Waals surface area contributed by atoms with Crippen LogP contribution in [0.1, 0.15) is 28.0 Å². The van der Waals surface area contributed by atoms with Gasteiger partial charge in [0, 0.05) is 11.9 Å². The van der Waals surface area contributed by atoms with E-state index in [4.69, 9.17) is 5.73 Å². The molecule has 3 heteroatoms. The number of carbonyl (C=O) groups is 1. The van der Waals surface area contributed by atoms with Crippen LogP contribution >= 0.6 is 0 Å². The molecule has 0 aromatic carbocycles. The maximum absolute atomic E-state index is 10.8. The van der Waals surface area contributed by atoms with E-state index in [1.165, 1.54) is 0 Å². The molecule has 1 aliphatic carbocycles. The van der Waals surface area contributed by atoms with E-state index in [9.17, 15) is 4.79 Å². The number of hydrogen-bond donors (Lipinski definition) is 1. The van der Waals surface area contributed by atoms with Gasteiger partial charge in [0.25, 0.3) is 0 Å². The van der Waals surface area contributed by atoms with Crippen molar-refractivity contribution in [3.8, 4) is 0 Å². The van der Waals surface area contributed by atoms with Crippen LogP contribution in [0.2, 0.25) is 0 Å². The summed E-state index contributed by atoms with van der Waals surface area (Å²) in [4.78, 5) is 15.0. The quantitative estimate of drug-likeness (QED) is 0.694. The van der Waals surface area contributed by atoms with Gasteiger partial charge < -0.3 is 5.73 Å². The fraction of sp³-hybridized carbons (Fsp3) is 0.200. The maximum atomic E-state index is 10.8. The van der Waals surface area contributed by atoms with Crippen molar-refractivity contribution in [1.29, 1.82) is 0 Å². The molecule has 2 N–H and O–H groups in total. The number of nitrogens with zero attached hydrogens (tertiary/aromatic N) is 1. The minimum Gasteiger partial charge on any atom is -0.366 e. The van der Waals surface area contributed by atoms with Crippen LogP contribution < -0.4 is 5.73 Å². The molecule has 66 valence electrons. The number of aryl methyl sites for hydroxylation is 1. The molecule has 1 aliphatic rings. The van der Waals surface area contributed by atoms with Crippen molar-refractivity contribution in [2.75, 3.05) is 0 Å². The van der Waals surface area contributed by atoms with Crippen LogP contribution in [0.15, 0.2) is 18.3 Å². The second-order valence-electron chi connectivity index (χ2n) is 3.07. The first kappa shape index (κ1) is 7.98. The van der Waals surface area contributed by atoms with Crippen LogP contribution in [-0.2, 0) is 6.42 Å². The summed E-state index contributed by atoms with van der Waals surface area (Å²) in [5.41, 5.74) is 7.69. The largest absolute Gasteiger partial charge is 0.366 e. The van der Waals surface area contributed by atoms with Gasteiger partial charge in [0.2, 0.25) is 5.91 Å². The molecule has 3 nitrogen and oxygen atoms in total. The number of fused-ring (bicyclic) bond motifs is 1. The molecule has 2 rings (SSSR count). The highest BCUT2D eigenvalue weighted by Crippen LogP contribution is 2.17. The Labute approximate surface area is 76.3 Å². The zero-order valence-electron chi connectivity index (χ0n) is 7.16. The summed E-state index contributed by atoms with van der Waals surface area (Å²) in [6.45, 7) is 0. The number of hydrogen-bond acceptors (Lipinski definition) is 2. The second kappa shape index (κ2) is 3.01. The van der Waals surface area contributed by atoms with Crippen LogP contribution in [-0.4, -0.2) is 10.9 Å². The predicted molar refractivity (Wildman–Crippen MR) is 50.1 cm³/mol. The summed E-state index contributed by atoms with van der Waals surface area (Å²) in [6, 6.07) is 1.79. The standard InChI is InChI=1S/C10H10N2O/c11-10(13)8-5-7-3-1-2-4-9(7)12-6-8/h1,3,5-6H,2,4H2,(H2,11,13). The van der Waals surface area contributed by atoms with E-state index >= 15 is 0 Å². The lowest BCUT2D eigenvalue weighted by Crippen LogP contribution is -2.12. The van der Waals surface area contributed by atoms with Crippen molar-refractivity contribution in [3.05, 3.63) is 35.2 Å². The van der Waals surface area contributed by atoms with Crippen molar-refractivity contribution in [1.82, 2.24) is 4.98 Å². The Morgan fingerprint density at radius 2 is 2.38 bits per heavy atom. The summed E-state index contributed by atoms with van der Waals surface area (Å²) in [7, 11) is 0. The number of rotatable bonds is 1. The van der Waals surface area contributed by atoms with E-state index in [-0.39, 0.29) is 0 Å². The third-order valence-electron chi connectivity index (χ3n) is 2.13. The fourth-order valence-electron chi connectivity index (χ4n) is 1.43. The van der Waals surface area contributed by atoms with Gasteiger partial charge in [-0.2, -0.15) is 0 Å². The van der Waals surface area contributed by atoms with E-state index in [0.29, 0.717) is 5.56 Å². The van der Waals surface area contributed by atoms with Gasteiger partial charge in [0.05, 0.1) is 5.56 Å². The SMILES string of the molecule is NC(=O)c1cnc2c(c1)C=CCC2. The van der Waals surface area contributed by atoms with Gasteiger partial charge in [-0.3, -0.25) is 9.78 Å². The molecular weight excluding hydrogens is 164 g/mol. The van der Waals surface area contributed by atoms with Gasteiger partial charge in [-0.05, 0) is 24.5 Å². The highest BCUT2D eigenvalue weighted by atomic mass is 16.1. The zero-order chi connectivity index (χ0) is 9.26. The topological polar surface area (TPSA) is 56.0 Å². The van der Waals surface area contributed by atoms with Crippen molar-refractivity contribution in [2.45, 2.75) is 12.8 Å². The monoisotopic (exact) mass is 174 g/mol. The Morgan fingerprint density at radius 1 is 1.54 bits per heavy atom. The number of aromatic nitrogens is 1. The van der Waals surface area contributed by atoms with Crippen LogP contribution in [0, 0.1) is 0 Å². The average Bonchev–Trinajstić information content (AvgIpc) is 2.17. The Kier molecular flexibility index (Phi) is 1.85. The summed E-state index contributed by atoms with van der Waals surface area (Å²) in [5.74, 6) is -0.422. The predicted octanol–water partition coefficient (Wildman–Crippen LogP) is 1.14. The van der Waals surface area contributed by atoms with Crippen LogP contribution in [0.25, 0.3) is 6.08 Å². The molecule has 0 radical (unpaired) electrons. The summed E-state index contributed by atoms with van der Waals surface area (Å²) < 4.78 is 0. The normalized spacial score (nSPS) is 13.8. The van der Waals surface area contributed by atoms with Crippen molar-refractivity contribution in [2.24, 2.45) is 5.73 Å². The Hall–Kier alpha value is -1.64. The number of nitrogens with two attached hydrogens (primary N) is 1. The van der Waals surface area contributed by atoms with Gasteiger partial charge in [-0.15, -0.1) is 0 Å². The average molecular weight is 174 g/mol. The Bertz CT molecular complexity index is 383. The van der Waals surface area contributed by atoms with Crippen LogP contribution in [0.3, 0.4) is 0 Å². The molecule has 0 fully saturated rings. The lowest BCUT2D eigenvalue weighted by molar-refractivity contribution is 0.1000. The molecule has 13 heavy (non-hydrogen) atoms. The van der Waals surface area contributed by atoms with Crippen molar-refractivity contribution >= 4 is 12.0 Å². The molecule has 1 heterocycles. The van der Waals surface area contributed by atoms with Gasteiger partial charge in [0.1, 0.15) is 0 Å². The first-order valence-corrected chi connectivity index (χ1v) is 4.22. The molecule has 0 spiro atoms. The summed E-state index contributed by atoms with van der Waals surface area (Å²) in [5, 5.41) is 0. The molecule has 1 amide bonds. The van der Waals surface area contributed by atoms with Crippen LogP contribution in [0.4, 0.5) is 0 Å².